The summed E-state index contributed by atoms with van der Waals surface area (Å²) in [5, 5.41) is 6.95. The molecule has 1 fully saturated rings. The van der Waals surface area contributed by atoms with Crippen LogP contribution in [-0.2, 0) is 4.84 Å². The number of nitrogens with zero attached hydrogens (tertiary/aromatic N) is 1. The summed E-state index contributed by atoms with van der Waals surface area (Å²) in [5.41, 5.74) is 1.76. The second-order valence-corrected chi connectivity index (χ2v) is 4.32. The number of hydrogen-bond donors (Lipinski definition) is 1. The van der Waals surface area contributed by atoms with Crippen molar-refractivity contribution in [1.82, 2.24) is 5.32 Å². The molecular formula is C12H13ClN2O2. The lowest BCUT2D eigenvalue weighted by Crippen LogP contribution is -2.18. The predicted molar refractivity (Wildman–Crippen MR) is 66.3 cm³/mol. The highest BCUT2D eigenvalue weighted by Gasteiger charge is 2.29. The SMILES string of the molecule is CNC(=O)O/N=C(/c1ccc(Cl)cc1)C1CC1. The van der Waals surface area contributed by atoms with Gasteiger partial charge in [-0.1, -0.05) is 28.9 Å². The third-order valence-corrected chi connectivity index (χ3v) is 2.79. The molecule has 1 N–H and O–H groups in total. The van der Waals surface area contributed by atoms with Crippen LogP contribution in [0.5, 0.6) is 0 Å². The highest BCUT2D eigenvalue weighted by Crippen LogP contribution is 2.33. The number of benzene rings is 1. The van der Waals surface area contributed by atoms with Gasteiger partial charge >= 0.3 is 6.09 Å². The van der Waals surface area contributed by atoms with Gasteiger partial charge in [0.15, 0.2) is 0 Å². The van der Waals surface area contributed by atoms with E-state index < -0.39 is 6.09 Å². The Labute approximate surface area is 105 Å². The van der Waals surface area contributed by atoms with Crippen molar-refractivity contribution in [2.45, 2.75) is 12.8 Å². The molecule has 1 amide bonds. The number of nitrogens with one attached hydrogen (secondary N) is 1. The average Bonchev–Trinajstić information content (AvgIpc) is 3.15. The van der Waals surface area contributed by atoms with Crippen molar-refractivity contribution in [3.8, 4) is 0 Å². The molecule has 0 saturated heterocycles. The molecule has 0 atom stereocenters. The molecule has 2 rings (SSSR count). The summed E-state index contributed by atoms with van der Waals surface area (Å²) in [4.78, 5) is 15.7. The summed E-state index contributed by atoms with van der Waals surface area (Å²) in [7, 11) is 1.50. The summed E-state index contributed by atoms with van der Waals surface area (Å²) in [6.45, 7) is 0. The van der Waals surface area contributed by atoms with Crippen molar-refractivity contribution in [2.24, 2.45) is 11.1 Å². The molecule has 0 radical (unpaired) electrons. The minimum Gasteiger partial charge on any atom is -0.323 e. The number of halogens is 1. The Morgan fingerprint density at radius 3 is 2.59 bits per heavy atom. The zero-order valence-electron chi connectivity index (χ0n) is 9.44. The zero-order chi connectivity index (χ0) is 12.3. The fraction of sp³-hybridized carbons (Fsp3) is 0.333. The van der Waals surface area contributed by atoms with Gasteiger partial charge < -0.3 is 5.32 Å². The highest BCUT2D eigenvalue weighted by atomic mass is 35.5. The predicted octanol–water partition coefficient (Wildman–Crippen LogP) is 2.81. The van der Waals surface area contributed by atoms with Gasteiger partial charge in [-0.2, -0.15) is 0 Å². The van der Waals surface area contributed by atoms with Crippen LogP contribution in [0.2, 0.25) is 5.02 Å². The lowest BCUT2D eigenvalue weighted by molar-refractivity contribution is 0.153. The fourth-order valence-corrected chi connectivity index (χ4v) is 1.60. The van der Waals surface area contributed by atoms with Crippen molar-refractivity contribution in [1.29, 1.82) is 0 Å². The van der Waals surface area contributed by atoms with E-state index in [1.165, 1.54) is 7.05 Å². The van der Waals surface area contributed by atoms with Crippen molar-refractivity contribution in [3.05, 3.63) is 34.9 Å². The molecule has 0 heterocycles. The number of oxime groups is 1. The standard InChI is InChI=1S/C12H13ClN2O2/c1-14-12(16)17-15-11(8-2-3-8)9-4-6-10(13)7-5-9/h4-8H,2-3H2,1H3,(H,14,16)/b15-11+. The Hall–Kier alpha value is -1.55. The van der Waals surface area contributed by atoms with Gasteiger partial charge in [0.05, 0.1) is 5.71 Å². The summed E-state index contributed by atoms with van der Waals surface area (Å²) < 4.78 is 0. The van der Waals surface area contributed by atoms with Crippen LogP contribution >= 0.6 is 11.6 Å². The number of rotatable bonds is 3. The molecule has 90 valence electrons. The molecule has 0 aliphatic heterocycles. The fourth-order valence-electron chi connectivity index (χ4n) is 1.48. The maximum atomic E-state index is 11.0. The van der Waals surface area contributed by atoms with Gasteiger partial charge in [0.2, 0.25) is 0 Å². The molecular weight excluding hydrogens is 240 g/mol. The molecule has 0 spiro atoms. The van der Waals surface area contributed by atoms with E-state index >= 15 is 0 Å². The Morgan fingerprint density at radius 1 is 1.41 bits per heavy atom. The van der Waals surface area contributed by atoms with Gasteiger partial charge in [0, 0.05) is 18.0 Å². The van der Waals surface area contributed by atoms with Crippen molar-refractivity contribution >= 4 is 23.4 Å². The minimum atomic E-state index is -0.558. The summed E-state index contributed by atoms with van der Waals surface area (Å²) in [5.74, 6) is 0.390. The van der Waals surface area contributed by atoms with E-state index in [1.807, 2.05) is 12.1 Å². The van der Waals surface area contributed by atoms with E-state index in [0.29, 0.717) is 10.9 Å². The molecule has 0 aromatic heterocycles. The largest absolute Gasteiger partial charge is 0.433 e. The maximum Gasteiger partial charge on any atom is 0.433 e. The molecule has 0 bridgehead atoms. The first-order chi connectivity index (χ1) is 8.20. The van der Waals surface area contributed by atoms with Crippen LogP contribution in [-0.4, -0.2) is 18.9 Å². The van der Waals surface area contributed by atoms with Crippen LogP contribution in [0, 0.1) is 5.92 Å². The lowest BCUT2D eigenvalue weighted by Gasteiger charge is -2.04. The molecule has 1 aromatic carbocycles. The number of carbonyl (C=O) groups excluding carboxylic acids is 1. The first-order valence-electron chi connectivity index (χ1n) is 5.43. The van der Waals surface area contributed by atoms with Gasteiger partial charge in [-0.15, -0.1) is 0 Å². The summed E-state index contributed by atoms with van der Waals surface area (Å²) in [6, 6.07) is 7.36. The quantitative estimate of drug-likeness (QED) is 0.511. The van der Waals surface area contributed by atoms with Crippen molar-refractivity contribution < 1.29 is 9.63 Å². The Morgan fingerprint density at radius 2 is 2.06 bits per heavy atom. The van der Waals surface area contributed by atoms with Gasteiger partial charge in [0.1, 0.15) is 0 Å². The van der Waals surface area contributed by atoms with E-state index in [-0.39, 0.29) is 0 Å². The van der Waals surface area contributed by atoms with E-state index in [2.05, 4.69) is 10.5 Å². The average molecular weight is 253 g/mol. The van der Waals surface area contributed by atoms with E-state index in [1.54, 1.807) is 12.1 Å². The first-order valence-corrected chi connectivity index (χ1v) is 5.81. The Balaban J connectivity index is 2.17. The third kappa shape index (κ3) is 3.20. The second kappa shape index (κ2) is 5.19. The molecule has 4 nitrogen and oxygen atoms in total. The van der Waals surface area contributed by atoms with Crippen molar-refractivity contribution in [2.75, 3.05) is 7.05 Å². The van der Waals surface area contributed by atoms with Gasteiger partial charge in [-0.05, 0) is 30.5 Å². The smallest absolute Gasteiger partial charge is 0.323 e. The molecule has 0 unspecified atom stereocenters. The van der Waals surface area contributed by atoms with Crippen LogP contribution in [0.4, 0.5) is 4.79 Å². The molecule has 1 aromatic rings. The second-order valence-electron chi connectivity index (χ2n) is 3.89. The van der Waals surface area contributed by atoms with E-state index in [4.69, 9.17) is 16.4 Å². The van der Waals surface area contributed by atoms with Gasteiger partial charge in [0.25, 0.3) is 0 Å². The topological polar surface area (TPSA) is 50.7 Å². The molecule has 5 heteroatoms. The third-order valence-electron chi connectivity index (χ3n) is 2.54. The monoisotopic (exact) mass is 252 g/mol. The normalized spacial score (nSPS) is 15.5. The number of hydrogen-bond acceptors (Lipinski definition) is 3. The van der Waals surface area contributed by atoms with Gasteiger partial charge in [-0.3, -0.25) is 4.84 Å². The molecule has 1 saturated carbocycles. The van der Waals surface area contributed by atoms with Crippen LogP contribution in [0.3, 0.4) is 0 Å². The van der Waals surface area contributed by atoms with Crippen molar-refractivity contribution in [3.63, 3.8) is 0 Å². The van der Waals surface area contributed by atoms with E-state index in [0.717, 1.165) is 24.1 Å². The Bertz CT molecular complexity index is 438. The van der Waals surface area contributed by atoms with Crippen LogP contribution in [0.15, 0.2) is 29.4 Å². The molecule has 17 heavy (non-hydrogen) atoms. The molecule has 1 aliphatic rings. The lowest BCUT2D eigenvalue weighted by atomic mass is 10.1. The summed E-state index contributed by atoms with van der Waals surface area (Å²) >= 11 is 5.83. The van der Waals surface area contributed by atoms with Crippen LogP contribution in [0.1, 0.15) is 18.4 Å². The maximum absolute atomic E-state index is 11.0. The number of amides is 1. The van der Waals surface area contributed by atoms with Gasteiger partial charge in [-0.25, -0.2) is 4.79 Å². The van der Waals surface area contributed by atoms with Crippen LogP contribution < -0.4 is 5.32 Å². The zero-order valence-corrected chi connectivity index (χ0v) is 10.2. The highest BCUT2D eigenvalue weighted by molar-refractivity contribution is 6.30. The summed E-state index contributed by atoms with van der Waals surface area (Å²) in [6.07, 6.45) is 1.61. The van der Waals surface area contributed by atoms with Crippen LogP contribution in [0.25, 0.3) is 0 Å². The minimum absolute atomic E-state index is 0.390. The van der Waals surface area contributed by atoms with E-state index in [9.17, 15) is 4.79 Å². The first kappa shape index (κ1) is 11.9. The Kier molecular flexibility index (Phi) is 3.64. The number of carbonyl (C=O) groups is 1. The molecule has 1 aliphatic carbocycles.